The number of fused-ring (bicyclic) bond motifs is 3. The quantitative estimate of drug-likeness (QED) is 0.272. The molecule has 0 N–H and O–H groups in total. The van der Waals surface area contributed by atoms with Crippen LogP contribution >= 0.6 is 11.3 Å². The Hall–Kier alpha value is -2.76. The van der Waals surface area contributed by atoms with Crippen molar-refractivity contribution in [1.29, 1.82) is 0 Å². The molecule has 2 aromatic carbocycles. The minimum Gasteiger partial charge on any atom is -0.590 e. The lowest BCUT2D eigenvalue weighted by Crippen LogP contribution is -2.63. The van der Waals surface area contributed by atoms with Gasteiger partial charge in [-0.25, -0.2) is 13.2 Å². The van der Waals surface area contributed by atoms with Crippen molar-refractivity contribution in [2.24, 2.45) is 4.99 Å². The molecule has 2 heterocycles. The summed E-state index contributed by atoms with van der Waals surface area (Å²) in [4.78, 5) is 5.68. The minimum absolute atomic E-state index is 0.0291. The van der Waals surface area contributed by atoms with Crippen LogP contribution in [0.25, 0.3) is 10.2 Å². The molecule has 28 heavy (non-hydrogen) atoms. The van der Waals surface area contributed by atoms with Gasteiger partial charge in [-0.05, 0) is 35.6 Å². The molecule has 1 aliphatic heterocycles. The highest BCUT2D eigenvalue weighted by Crippen LogP contribution is 2.37. The first-order valence-electron chi connectivity index (χ1n) is 7.88. The monoisotopic (exact) mass is 417 g/mol. The summed E-state index contributed by atoms with van der Waals surface area (Å²) in [5.74, 6) is -8.43. The summed E-state index contributed by atoms with van der Waals surface area (Å²) < 4.78 is 88.3. The SMILES string of the molecule is CN(C)c1ccc(C2=Nc3sc4c(F)c(F)c(F)c(F)c4[n+]3[B-](F)(F)O2)cc1. The molecule has 1 aliphatic rings. The summed E-state index contributed by atoms with van der Waals surface area (Å²) in [6.07, 6.45) is 0. The van der Waals surface area contributed by atoms with Gasteiger partial charge in [-0.1, -0.05) is 0 Å². The fourth-order valence-electron chi connectivity index (χ4n) is 2.83. The van der Waals surface area contributed by atoms with Crippen LogP contribution in [-0.2, 0) is 4.65 Å². The van der Waals surface area contributed by atoms with Crippen LogP contribution in [0.4, 0.5) is 37.0 Å². The smallest absolute Gasteiger partial charge is 0.590 e. The molecule has 146 valence electrons. The van der Waals surface area contributed by atoms with E-state index in [-0.39, 0.29) is 21.4 Å². The average Bonchev–Trinajstić information content (AvgIpc) is 3.05. The third kappa shape index (κ3) is 2.62. The number of anilines is 1. The first-order valence-corrected chi connectivity index (χ1v) is 8.70. The second-order valence-electron chi connectivity index (χ2n) is 6.23. The number of nitrogens with zero attached hydrogens (tertiary/aromatic N) is 3. The molecule has 0 spiro atoms. The normalized spacial score (nSPS) is 15.2. The summed E-state index contributed by atoms with van der Waals surface area (Å²) in [5, 5.41) is -0.541. The molecule has 0 unspecified atom stereocenters. The minimum atomic E-state index is -4.97. The fourth-order valence-corrected chi connectivity index (χ4v) is 3.92. The van der Waals surface area contributed by atoms with E-state index < -0.39 is 51.6 Å². The molecule has 0 fully saturated rings. The Morgan fingerprint density at radius 3 is 2.18 bits per heavy atom. The maximum absolute atomic E-state index is 14.7. The standard InChI is InChI=1S/C16H10BF6N3OS/c1-25(2)8-5-3-7(4-6-8)15-24-16-26(17(22,23)27-15)13-11(20)9(18)10(19)12(21)14(13)28-16/h3-6H,1-2H3. The van der Waals surface area contributed by atoms with Crippen molar-refractivity contribution in [3.63, 3.8) is 0 Å². The van der Waals surface area contributed by atoms with Gasteiger partial charge in [0.15, 0.2) is 11.6 Å². The molecule has 0 aliphatic carbocycles. The van der Waals surface area contributed by atoms with Gasteiger partial charge in [0, 0.05) is 24.8 Å². The molecule has 3 aromatic rings. The predicted octanol–water partition coefficient (Wildman–Crippen LogP) is 4.14. The lowest BCUT2D eigenvalue weighted by atomic mass is 10.0. The molecule has 0 bridgehead atoms. The Morgan fingerprint density at radius 1 is 0.964 bits per heavy atom. The molecule has 0 radical (unpaired) electrons. The van der Waals surface area contributed by atoms with E-state index >= 15 is 0 Å². The molecular formula is C16H10BF6N3OS. The Balaban J connectivity index is 1.94. The lowest BCUT2D eigenvalue weighted by Gasteiger charge is -2.26. The Labute approximate surface area is 158 Å². The van der Waals surface area contributed by atoms with Crippen LogP contribution < -0.4 is 9.38 Å². The number of benzene rings is 2. The molecular weight excluding hydrogens is 407 g/mol. The van der Waals surface area contributed by atoms with Gasteiger partial charge < -0.3 is 22.7 Å². The number of rotatable bonds is 2. The van der Waals surface area contributed by atoms with E-state index in [1.54, 1.807) is 31.1 Å². The summed E-state index contributed by atoms with van der Waals surface area (Å²) in [6, 6.07) is 6.27. The molecule has 0 amide bonds. The zero-order valence-corrected chi connectivity index (χ0v) is 15.1. The third-order valence-corrected chi connectivity index (χ3v) is 5.27. The first-order chi connectivity index (χ1) is 13.1. The number of hydrogen-bond acceptors (Lipinski definition) is 4. The van der Waals surface area contributed by atoms with Crippen LogP contribution in [0.5, 0.6) is 0 Å². The molecule has 0 saturated carbocycles. The zero-order valence-electron chi connectivity index (χ0n) is 14.3. The first kappa shape index (κ1) is 18.6. The van der Waals surface area contributed by atoms with Crippen molar-refractivity contribution in [1.82, 2.24) is 0 Å². The van der Waals surface area contributed by atoms with Gasteiger partial charge in [0.1, 0.15) is 10.2 Å². The van der Waals surface area contributed by atoms with Crippen molar-refractivity contribution in [2.75, 3.05) is 19.0 Å². The van der Waals surface area contributed by atoms with E-state index in [0.717, 1.165) is 5.69 Å². The van der Waals surface area contributed by atoms with Crippen molar-refractivity contribution < 1.29 is 35.3 Å². The lowest BCUT2D eigenvalue weighted by molar-refractivity contribution is -0.537. The highest BCUT2D eigenvalue weighted by atomic mass is 32.1. The van der Waals surface area contributed by atoms with Crippen LogP contribution in [0.2, 0.25) is 0 Å². The average molecular weight is 417 g/mol. The molecule has 4 rings (SSSR count). The van der Waals surface area contributed by atoms with Gasteiger partial charge in [0.25, 0.3) is 5.90 Å². The van der Waals surface area contributed by atoms with Gasteiger partial charge in [-0.15, -0.1) is 0 Å². The molecule has 0 atom stereocenters. The van der Waals surface area contributed by atoms with Crippen LogP contribution in [0.3, 0.4) is 0 Å². The van der Waals surface area contributed by atoms with Crippen molar-refractivity contribution in [2.45, 2.75) is 0 Å². The van der Waals surface area contributed by atoms with E-state index in [2.05, 4.69) is 9.65 Å². The van der Waals surface area contributed by atoms with Crippen molar-refractivity contribution >= 4 is 45.3 Å². The fraction of sp³-hybridized carbons (Fsp3) is 0.125. The maximum atomic E-state index is 14.7. The summed E-state index contributed by atoms with van der Waals surface area (Å²) in [5.41, 5.74) is -0.134. The number of thiazole rings is 1. The maximum Gasteiger partial charge on any atom is 0.737 e. The Bertz CT molecular complexity index is 1150. The van der Waals surface area contributed by atoms with Crippen LogP contribution in [0, 0.1) is 23.3 Å². The van der Waals surface area contributed by atoms with Gasteiger partial charge in [-0.2, -0.15) is 4.39 Å². The van der Waals surface area contributed by atoms with E-state index in [4.69, 9.17) is 0 Å². The van der Waals surface area contributed by atoms with Gasteiger partial charge >= 0.3 is 12.2 Å². The van der Waals surface area contributed by atoms with Crippen LogP contribution in [0.15, 0.2) is 29.3 Å². The summed E-state index contributed by atoms with van der Waals surface area (Å²) in [7, 11) is -1.38. The number of aliphatic imine (C=N–C) groups is 1. The highest BCUT2D eigenvalue weighted by molar-refractivity contribution is 7.21. The molecule has 12 heteroatoms. The topological polar surface area (TPSA) is 28.7 Å². The van der Waals surface area contributed by atoms with Crippen LogP contribution in [-0.4, -0.2) is 27.0 Å². The Morgan fingerprint density at radius 2 is 1.57 bits per heavy atom. The zero-order chi connectivity index (χ0) is 20.4. The number of aromatic nitrogens is 1. The molecule has 0 saturated heterocycles. The number of hydrogen-bond donors (Lipinski definition) is 0. The van der Waals surface area contributed by atoms with Crippen molar-refractivity contribution in [3.05, 3.63) is 53.1 Å². The summed E-state index contributed by atoms with van der Waals surface area (Å²) >= 11 is 0.273. The van der Waals surface area contributed by atoms with Crippen molar-refractivity contribution in [3.8, 4) is 0 Å². The largest absolute Gasteiger partial charge is 0.737 e. The predicted molar refractivity (Wildman–Crippen MR) is 93.3 cm³/mol. The van der Waals surface area contributed by atoms with Gasteiger partial charge in [0.05, 0.1) is 5.56 Å². The van der Waals surface area contributed by atoms with E-state index in [1.165, 1.54) is 12.1 Å². The second-order valence-corrected chi connectivity index (χ2v) is 7.20. The van der Waals surface area contributed by atoms with E-state index in [0.29, 0.717) is 0 Å². The van der Waals surface area contributed by atoms with Gasteiger partial charge in [0.2, 0.25) is 11.6 Å². The molecule has 4 nitrogen and oxygen atoms in total. The van der Waals surface area contributed by atoms with Gasteiger partial charge in [-0.3, -0.25) is 0 Å². The van der Waals surface area contributed by atoms with Crippen LogP contribution in [0.1, 0.15) is 5.56 Å². The second kappa shape index (κ2) is 6.13. The van der Waals surface area contributed by atoms with E-state index in [9.17, 15) is 26.2 Å². The Kier molecular flexibility index (Phi) is 4.07. The molecule has 1 aromatic heterocycles. The summed E-state index contributed by atoms with van der Waals surface area (Å²) in [6.45, 7) is 0. The highest BCUT2D eigenvalue weighted by Gasteiger charge is 2.50. The third-order valence-electron chi connectivity index (χ3n) is 4.22. The van der Waals surface area contributed by atoms with E-state index in [1.807, 2.05) is 0 Å². The number of halogens is 6.